The average molecular weight is 729 g/mol. The van der Waals surface area contributed by atoms with E-state index in [-0.39, 0.29) is 0 Å². The number of nitrogens with zero attached hydrogens (tertiary/aromatic N) is 4. The van der Waals surface area contributed by atoms with Gasteiger partial charge in [-0.3, -0.25) is 0 Å². The number of furan rings is 1. The van der Waals surface area contributed by atoms with Crippen molar-refractivity contribution in [1.29, 1.82) is 0 Å². The van der Waals surface area contributed by atoms with Gasteiger partial charge in [0.1, 0.15) is 11.2 Å². The quantitative estimate of drug-likeness (QED) is 0.177. The van der Waals surface area contributed by atoms with Crippen molar-refractivity contribution in [2.24, 2.45) is 0 Å². The Morgan fingerprint density at radius 3 is 1.68 bits per heavy atom. The zero-order chi connectivity index (χ0) is 37.5. The molecule has 5 nitrogen and oxygen atoms in total. The molecule has 0 saturated carbocycles. The summed E-state index contributed by atoms with van der Waals surface area (Å²) in [7, 11) is 0. The lowest BCUT2D eigenvalue weighted by Gasteiger charge is -2.12. The van der Waals surface area contributed by atoms with E-state index >= 15 is 0 Å². The Morgan fingerprint density at radius 2 is 0.947 bits per heavy atom. The van der Waals surface area contributed by atoms with E-state index in [0.717, 1.165) is 94.2 Å². The summed E-state index contributed by atoms with van der Waals surface area (Å²) >= 11 is 0. The Labute approximate surface area is 327 Å². The molecule has 0 atom stereocenters. The smallest absolute Gasteiger partial charge is 0.160 e. The van der Waals surface area contributed by atoms with Gasteiger partial charge >= 0.3 is 0 Å². The molecule has 8 aromatic carbocycles. The zero-order valence-corrected chi connectivity index (χ0v) is 30.7. The third kappa shape index (κ3) is 4.82. The van der Waals surface area contributed by atoms with Crippen molar-refractivity contribution in [2.45, 2.75) is 0 Å². The molecule has 0 unspecified atom stereocenters. The zero-order valence-electron chi connectivity index (χ0n) is 30.7. The molecule has 0 fully saturated rings. The SMILES string of the molecule is c1ccc(-c2cc(-c3ccccc3)nc(-c3cccc(-n4c5ccc6c7ccccc7oc6c5c5c4ccc4c6ccccc6n(-c6ccccc6)c45)c3)n2)cc1. The molecule has 0 amide bonds. The van der Waals surface area contributed by atoms with Crippen molar-refractivity contribution in [3.63, 3.8) is 0 Å². The van der Waals surface area contributed by atoms with Crippen LogP contribution in [0.25, 0.3) is 111 Å². The van der Waals surface area contributed by atoms with E-state index in [1.807, 2.05) is 18.2 Å². The first-order valence-corrected chi connectivity index (χ1v) is 19.3. The highest BCUT2D eigenvalue weighted by molar-refractivity contribution is 6.32. The van der Waals surface area contributed by atoms with Crippen LogP contribution in [-0.2, 0) is 0 Å². The molecule has 0 N–H and O–H groups in total. The number of fused-ring (bicyclic) bond motifs is 11. The maximum atomic E-state index is 6.85. The van der Waals surface area contributed by atoms with E-state index in [0.29, 0.717) is 5.82 Å². The van der Waals surface area contributed by atoms with Crippen LogP contribution in [0.3, 0.4) is 0 Å². The molecule has 4 aromatic heterocycles. The first kappa shape index (κ1) is 31.6. The van der Waals surface area contributed by atoms with Crippen LogP contribution in [0, 0.1) is 0 Å². The number of rotatable bonds is 5. The summed E-state index contributed by atoms with van der Waals surface area (Å²) in [5, 5.41) is 6.85. The lowest BCUT2D eigenvalue weighted by atomic mass is 10.1. The molecule has 4 heterocycles. The lowest BCUT2D eigenvalue weighted by molar-refractivity contribution is 0.673. The van der Waals surface area contributed by atoms with Gasteiger partial charge in [-0.15, -0.1) is 0 Å². The van der Waals surface area contributed by atoms with Crippen LogP contribution >= 0.6 is 0 Å². The minimum atomic E-state index is 0.670. The summed E-state index contributed by atoms with van der Waals surface area (Å²) in [4.78, 5) is 10.4. The summed E-state index contributed by atoms with van der Waals surface area (Å²) in [6.45, 7) is 0. The second kappa shape index (κ2) is 12.4. The molecule has 0 bridgehead atoms. The van der Waals surface area contributed by atoms with Crippen molar-refractivity contribution in [2.75, 3.05) is 0 Å². The van der Waals surface area contributed by atoms with E-state index in [4.69, 9.17) is 14.4 Å². The van der Waals surface area contributed by atoms with Gasteiger partial charge in [0.15, 0.2) is 5.82 Å². The van der Waals surface area contributed by atoms with E-state index in [1.165, 1.54) is 10.8 Å². The maximum absolute atomic E-state index is 6.85. The molecule has 0 radical (unpaired) electrons. The highest BCUT2D eigenvalue weighted by atomic mass is 16.3. The molecule has 12 aromatic rings. The summed E-state index contributed by atoms with van der Waals surface area (Å²) in [6.07, 6.45) is 0. The standard InChI is InChI=1S/C52H32N4O/c1-4-15-33(16-5-1)42-32-43(34-17-6-2-7-18-34)54-52(53-42)35-19-14-22-37(31-35)55-45-29-27-40-38-23-10-12-25-44(38)56(36-20-8-3-9-21-36)50(40)48(45)49-46(55)30-28-41-39-24-11-13-26-47(39)57-51(41)49/h1-32H. The Kier molecular flexibility index (Phi) is 6.86. The second-order valence-corrected chi connectivity index (χ2v) is 14.6. The molecule has 0 saturated heterocycles. The number of aromatic nitrogens is 4. The normalized spacial score (nSPS) is 11.9. The fourth-order valence-electron chi connectivity index (χ4n) is 8.81. The van der Waals surface area contributed by atoms with Gasteiger partial charge in [0.2, 0.25) is 0 Å². The fourth-order valence-corrected chi connectivity index (χ4v) is 8.81. The van der Waals surface area contributed by atoms with Gasteiger partial charge in [-0.1, -0.05) is 133 Å². The molecular weight excluding hydrogens is 697 g/mol. The molecule has 266 valence electrons. The van der Waals surface area contributed by atoms with E-state index in [1.54, 1.807) is 0 Å². The van der Waals surface area contributed by atoms with Gasteiger partial charge in [0, 0.05) is 55.0 Å². The number of hydrogen-bond donors (Lipinski definition) is 0. The van der Waals surface area contributed by atoms with Crippen LogP contribution in [0.5, 0.6) is 0 Å². The maximum Gasteiger partial charge on any atom is 0.160 e. The summed E-state index contributed by atoms with van der Waals surface area (Å²) in [5.74, 6) is 0.670. The first-order valence-electron chi connectivity index (χ1n) is 19.3. The summed E-state index contributed by atoms with van der Waals surface area (Å²) < 4.78 is 11.7. The molecule has 0 aliphatic heterocycles. The molecule has 12 rings (SSSR count). The number of para-hydroxylation sites is 3. The minimum absolute atomic E-state index is 0.670. The predicted molar refractivity (Wildman–Crippen MR) is 234 cm³/mol. The van der Waals surface area contributed by atoms with Crippen LogP contribution in [0.2, 0.25) is 0 Å². The lowest BCUT2D eigenvalue weighted by Crippen LogP contribution is -1.98. The Hall–Kier alpha value is -7.76. The molecule has 0 spiro atoms. The largest absolute Gasteiger partial charge is 0.455 e. The van der Waals surface area contributed by atoms with Crippen molar-refractivity contribution >= 4 is 65.6 Å². The highest BCUT2D eigenvalue weighted by Crippen LogP contribution is 2.46. The van der Waals surface area contributed by atoms with E-state index < -0.39 is 0 Å². The molecule has 5 heteroatoms. The number of benzene rings is 8. The van der Waals surface area contributed by atoms with Crippen molar-refractivity contribution in [3.05, 3.63) is 194 Å². The second-order valence-electron chi connectivity index (χ2n) is 14.6. The van der Waals surface area contributed by atoms with Gasteiger partial charge in [-0.25, -0.2) is 9.97 Å². The topological polar surface area (TPSA) is 48.8 Å². The molecule has 0 aliphatic rings. The predicted octanol–water partition coefficient (Wildman–Crippen LogP) is 13.6. The van der Waals surface area contributed by atoms with Crippen LogP contribution in [0.15, 0.2) is 199 Å². The minimum Gasteiger partial charge on any atom is -0.455 e. The van der Waals surface area contributed by atoms with Crippen molar-refractivity contribution < 1.29 is 4.42 Å². The van der Waals surface area contributed by atoms with Gasteiger partial charge in [0.05, 0.1) is 38.8 Å². The van der Waals surface area contributed by atoms with E-state index in [2.05, 4.69) is 185 Å². The van der Waals surface area contributed by atoms with Crippen LogP contribution in [0.4, 0.5) is 0 Å². The average Bonchev–Trinajstić information content (AvgIpc) is 3.95. The monoisotopic (exact) mass is 728 g/mol. The fraction of sp³-hybridized carbons (Fsp3) is 0. The summed E-state index contributed by atoms with van der Waals surface area (Å²) in [5.41, 5.74) is 13.1. The molecular formula is C52H32N4O. The van der Waals surface area contributed by atoms with Gasteiger partial charge in [0.25, 0.3) is 0 Å². The Balaban J connectivity index is 1.18. The van der Waals surface area contributed by atoms with Crippen molar-refractivity contribution in [1.82, 2.24) is 19.1 Å². The third-order valence-corrected chi connectivity index (χ3v) is 11.3. The Bertz CT molecular complexity index is 3450. The van der Waals surface area contributed by atoms with Crippen LogP contribution in [-0.4, -0.2) is 19.1 Å². The first-order chi connectivity index (χ1) is 28.3. The van der Waals surface area contributed by atoms with Gasteiger partial charge in [-0.2, -0.15) is 0 Å². The van der Waals surface area contributed by atoms with Gasteiger partial charge in [-0.05, 0) is 60.7 Å². The third-order valence-electron chi connectivity index (χ3n) is 11.3. The molecule has 57 heavy (non-hydrogen) atoms. The van der Waals surface area contributed by atoms with Crippen LogP contribution < -0.4 is 0 Å². The highest BCUT2D eigenvalue weighted by Gasteiger charge is 2.24. The van der Waals surface area contributed by atoms with E-state index in [9.17, 15) is 0 Å². The van der Waals surface area contributed by atoms with Gasteiger partial charge < -0.3 is 13.6 Å². The molecule has 0 aliphatic carbocycles. The van der Waals surface area contributed by atoms with Crippen LogP contribution in [0.1, 0.15) is 0 Å². The summed E-state index contributed by atoms with van der Waals surface area (Å²) in [6, 6.07) is 68.2. The Morgan fingerprint density at radius 1 is 0.368 bits per heavy atom. The van der Waals surface area contributed by atoms with Crippen molar-refractivity contribution in [3.8, 4) is 45.3 Å². The number of hydrogen-bond acceptors (Lipinski definition) is 3.